The summed E-state index contributed by atoms with van der Waals surface area (Å²) in [6, 6.07) is 101. The van der Waals surface area contributed by atoms with E-state index in [1.807, 2.05) is 0 Å². The highest BCUT2D eigenvalue weighted by Gasteiger charge is 2.54. The molecule has 4 heterocycles. The minimum atomic E-state index is -0.275. The predicted octanol–water partition coefficient (Wildman–Crippen LogP) is 34.1. The Morgan fingerprint density at radius 3 is 0.737 bits per heavy atom. The quantitative estimate of drug-likeness (QED) is 0.134. The first kappa shape index (κ1) is 90.0. The molecule has 4 fully saturated rings. The van der Waals surface area contributed by atoms with Gasteiger partial charge in [0.15, 0.2) is 0 Å². The van der Waals surface area contributed by atoms with E-state index in [2.05, 4.69) is 469 Å². The maximum Gasteiger partial charge on any atom is 0.252 e. The number of benzene rings is 13. The summed E-state index contributed by atoms with van der Waals surface area (Å²) in [6.45, 7) is 71.5. The standard InChI is InChI=1S/C128H145BN4/c1-118(2,3)84-39-31-35-80(58-84)97-66-92(126(25,26)27)67-98(81-36-32-40-85(59-81)119(4,5)6)116(97)132-111-72-95(130-107-51-43-88(122(13,14)15)62-101(107)102-63-89(123(16,17)18)44-52-108(102)130)47-49-105(111)129-106-50-48-96(131-109-53-45-90(124(19,20)21)64-103(109)104-65-91(125(22,23)24)46-54-110(104)131)73-112(106)133(114-71-94(70-113(132)115(114)129)128-74-77-55-78(75-128)57-79(56-77)76-128)117-99(82-37-33-41-86(60-82)120(7,8)9)68-93(127(28,29)30)69-100(117)83-38-34-42-87(61-83)121(10,11)12/h31-54,58-73,77-79H,55-57,74-76H2,1-30H3. The van der Waals surface area contributed by atoms with Crippen LogP contribution in [0.1, 0.15) is 307 Å². The predicted molar refractivity (Wildman–Crippen MR) is 578 cm³/mol. The minimum Gasteiger partial charge on any atom is -0.310 e. The molecule has 0 N–H and O–H groups in total. The van der Waals surface area contributed by atoms with Gasteiger partial charge in [-0.25, -0.2) is 0 Å². The fourth-order valence-corrected chi connectivity index (χ4v) is 24.1. The van der Waals surface area contributed by atoms with E-state index < -0.39 is 0 Å². The number of hydrogen-bond acceptors (Lipinski definition) is 2. The van der Waals surface area contributed by atoms with Gasteiger partial charge in [0.25, 0.3) is 6.71 Å². The Kier molecular flexibility index (Phi) is 20.7. The second-order valence-corrected chi connectivity index (χ2v) is 52.0. The smallest absolute Gasteiger partial charge is 0.252 e. The maximum absolute atomic E-state index is 2.93. The van der Waals surface area contributed by atoms with E-state index in [-0.39, 0.29) is 66.3 Å². The lowest BCUT2D eigenvalue weighted by Gasteiger charge is -2.57. The first-order chi connectivity index (χ1) is 62.1. The van der Waals surface area contributed by atoms with Gasteiger partial charge < -0.3 is 18.9 Å². The van der Waals surface area contributed by atoms with Gasteiger partial charge in [-0.1, -0.05) is 341 Å². The number of aromatic nitrogens is 2. The van der Waals surface area contributed by atoms with E-state index in [0.717, 1.165) is 11.4 Å². The number of fused-ring (bicyclic) bond motifs is 10. The highest BCUT2D eigenvalue weighted by Crippen LogP contribution is 2.64. The lowest BCUT2D eigenvalue weighted by molar-refractivity contribution is -0.00514. The lowest BCUT2D eigenvalue weighted by atomic mass is 9.33. The molecule has 13 aromatic carbocycles. The molecule has 0 spiro atoms. The molecular weight excluding hydrogens is 1600 g/mol. The molecule has 15 aromatic rings. The van der Waals surface area contributed by atoms with Crippen LogP contribution in [0.2, 0.25) is 0 Å². The normalized spacial score (nSPS) is 17.9. The molecule has 4 bridgehead atoms. The van der Waals surface area contributed by atoms with Crippen LogP contribution in [0.15, 0.2) is 243 Å². The van der Waals surface area contributed by atoms with E-state index in [1.54, 1.807) is 0 Å². The Labute approximate surface area is 797 Å². The van der Waals surface area contributed by atoms with E-state index in [9.17, 15) is 0 Å². The van der Waals surface area contributed by atoms with Gasteiger partial charge in [-0.3, -0.25) is 0 Å². The molecule has 21 rings (SSSR count). The van der Waals surface area contributed by atoms with Gasteiger partial charge in [-0.2, -0.15) is 0 Å². The third kappa shape index (κ3) is 15.6. The third-order valence-electron chi connectivity index (χ3n) is 31.8. The van der Waals surface area contributed by atoms with Gasteiger partial charge in [0.05, 0.1) is 33.4 Å². The van der Waals surface area contributed by atoms with Crippen molar-refractivity contribution in [3.63, 3.8) is 0 Å². The minimum absolute atomic E-state index is 0.0787. The molecule has 0 radical (unpaired) electrons. The van der Waals surface area contributed by atoms with Crippen molar-refractivity contribution in [1.29, 1.82) is 0 Å². The molecule has 2 aromatic heterocycles. The van der Waals surface area contributed by atoms with Gasteiger partial charge >= 0.3 is 0 Å². The second-order valence-electron chi connectivity index (χ2n) is 52.0. The van der Waals surface area contributed by atoms with Crippen LogP contribution >= 0.6 is 0 Å². The summed E-state index contributed by atoms with van der Waals surface area (Å²) in [4.78, 5) is 5.87. The highest BCUT2D eigenvalue weighted by molar-refractivity contribution is 7.00. The molecule has 0 amide bonds. The molecule has 0 unspecified atom stereocenters. The van der Waals surface area contributed by atoms with Gasteiger partial charge in [0.1, 0.15) is 0 Å². The van der Waals surface area contributed by atoms with Crippen molar-refractivity contribution in [2.24, 2.45) is 17.8 Å². The van der Waals surface area contributed by atoms with E-state index >= 15 is 0 Å². The third-order valence-corrected chi connectivity index (χ3v) is 31.8. The van der Waals surface area contributed by atoms with Crippen molar-refractivity contribution in [2.75, 3.05) is 9.80 Å². The average molecular weight is 1750 g/mol. The molecule has 4 saturated carbocycles. The van der Waals surface area contributed by atoms with Crippen LogP contribution in [0.5, 0.6) is 0 Å². The first-order valence-corrected chi connectivity index (χ1v) is 50.2. The fraction of sp³-hybridized carbons (Fsp3) is 0.391. The zero-order valence-corrected chi connectivity index (χ0v) is 85.9. The topological polar surface area (TPSA) is 16.3 Å². The average Bonchev–Trinajstić information content (AvgIpc) is 1.23. The van der Waals surface area contributed by atoms with Crippen LogP contribution in [0.25, 0.3) is 99.5 Å². The summed E-state index contributed by atoms with van der Waals surface area (Å²) in [6.07, 6.45) is 7.58. The summed E-state index contributed by atoms with van der Waals surface area (Å²) in [5.74, 6) is 2.01. The Bertz CT molecular complexity index is 6520. The Morgan fingerprint density at radius 1 is 0.241 bits per heavy atom. The van der Waals surface area contributed by atoms with E-state index in [0.29, 0.717) is 17.8 Å². The van der Waals surface area contributed by atoms with Crippen molar-refractivity contribution < 1.29 is 0 Å². The van der Waals surface area contributed by atoms with Crippen LogP contribution in [0.4, 0.5) is 34.1 Å². The number of hydrogen-bond donors (Lipinski definition) is 0. The molecule has 680 valence electrons. The number of nitrogens with zero attached hydrogens (tertiary/aromatic N) is 4. The molecule has 4 nitrogen and oxygen atoms in total. The highest BCUT2D eigenvalue weighted by atomic mass is 15.2. The van der Waals surface area contributed by atoms with Gasteiger partial charge in [-0.05, 0) is 325 Å². The lowest BCUT2D eigenvalue weighted by Crippen LogP contribution is -2.61. The summed E-state index contributed by atoms with van der Waals surface area (Å²) >= 11 is 0. The Balaban J connectivity index is 1.02. The number of rotatable bonds is 9. The van der Waals surface area contributed by atoms with Crippen molar-refractivity contribution in [3.8, 4) is 55.9 Å². The molecule has 0 atom stereocenters. The Hall–Kier alpha value is -10.9. The summed E-state index contributed by atoms with van der Waals surface area (Å²) < 4.78 is 5.30. The van der Waals surface area contributed by atoms with Crippen molar-refractivity contribution >= 4 is 101 Å². The van der Waals surface area contributed by atoms with Crippen LogP contribution in [0, 0.1) is 17.8 Å². The SMILES string of the molecule is CC(C)(C)c1cccc(-c2cc(C(C)(C)C)cc(-c3cccc(C(C)(C)C)c3)c2N2c3cc(-n4c5ccc(C(C)(C)C)cc5c5cc(C(C)(C)C)ccc54)ccc3B3c4ccc(-n5c6ccc(C(C)(C)C)cc6c6cc(C(C)(C)C)ccc65)cc4N(c4c(-c5cccc(C(C)(C)C)c5)cc(C(C)(C)C)cc4-c4cccc(C(C)(C)C)c4)c4cc(C56CC7CC(CC(C7)C5)C6)cc2c43)c1. The summed E-state index contributed by atoms with van der Waals surface area (Å²) in [5.41, 5.74) is 41.3. The summed E-state index contributed by atoms with van der Waals surface area (Å²) in [5, 5.41) is 5.14. The molecule has 4 aliphatic carbocycles. The Morgan fingerprint density at radius 2 is 0.489 bits per heavy atom. The summed E-state index contributed by atoms with van der Waals surface area (Å²) in [7, 11) is 0. The zero-order chi connectivity index (χ0) is 94.6. The fourth-order valence-electron chi connectivity index (χ4n) is 24.1. The van der Waals surface area contributed by atoms with Crippen LogP contribution < -0.4 is 26.2 Å². The zero-order valence-electron chi connectivity index (χ0n) is 85.9. The second kappa shape index (κ2) is 30.6. The molecule has 5 heteroatoms. The first-order valence-electron chi connectivity index (χ1n) is 50.2. The van der Waals surface area contributed by atoms with Crippen LogP contribution in [0.3, 0.4) is 0 Å². The molecule has 133 heavy (non-hydrogen) atoms. The van der Waals surface area contributed by atoms with Gasteiger partial charge in [0, 0.05) is 77.9 Å². The van der Waals surface area contributed by atoms with Gasteiger partial charge in [-0.15, -0.1) is 0 Å². The van der Waals surface area contributed by atoms with Crippen molar-refractivity contribution in [2.45, 2.75) is 306 Å². The largest absolute Gasteiger partial charge is 0.310 e. The molecule has 6 aliphatic rings. The molecule has 0 saturated heterocycles. The molecule has 2 aliphatic heterocycles. The monoisotopic (exact) mass is 1750 g/mol. The molecular formula is C128H145BN4. The van der Waals surface area contributed by atoms with Crippen LogP contribution in [-0.2, 0) is 59.6 Å². The van der Waals surface area contributed by atoms with Gasteiger partial charge in [0.2, 0.25) is 0 Å². The maximum atomic E-state index is 2.93. The van der Waals surface area contributed by atoms with Crippen molar-refractivity contribution in [1.82, 2.24) is 9.13 Å². The number of anilines is 6. The van der Waals surface area contributed by atoms with Crippen molar-refractivity contribution in [3.05, 3.63) is 304 Å². The van der Waals surface area contributed by atoms with E-state index in [1.165, 1.54) is 238 Å². The van der Waals surface area contributed by atoms with E-state index in [4.69, 9.17) is 0 Å². The van der Waals surface area contributed by atoms with Crippen LogP contribution in [-0.4, -0.2) is 15.8 Å².